The van der Waals surface area contributed by atoms with Crippen LogP contribution in [-0.4, -0.2) is 21.5 Å². The van der Waals surface area contributed by atoms with Crippen molar-refractivity contribution in [1.82, 2.24) is 15.0 Å². The third-order valence-corrected chi connectivity index (χ3v) is 3.39. The summed E-state index contributed by atoms with van der Waals surface area (Å²) >= 11 is 0. The quantitative estimate of drug-likeness (QED) is 0.776. The molecule has 1 aromatic rings. The lowest BCUT2D eigenvalue weighted by Gasteiger charge is -2.20. The number of rotatable bonds is 5. The molecule has 1 fully saturated rings. The Morgan fingerprint density at radius 3 is 2.81 bits per heavy atom. The molecule has 16 heavy (non-hydrogen) atoms. The molecule has 0 atom stereocenters. The number of hydrogen-bond donors (Lipinski definition) is 1. The molecule has 4 heteroatoms. The maximum Gasteiger partial charge on any atom is 0.0827 e. The monoisotopic (exact) mass is 222 g/mol. The van der Waals surface area contributed by atoms with Crippen LogP contribution in [0.5, 0.6) is 0 Å². The fraction of sp³-hybridized carbons (Fsp3) is 0.833. The van der Waals surface area contributed by atoms with Gasteiger partial charge in [0.2, 0.25) is 0 Å². The number of hydrogen-bond acceptors (Lipinski definition) is 3. The normalized spacial score (nSPS) is 17.8. The molecule has 0 unspecified atom stereocenters. The highest BCUT2D eigenvalue weighted by Gasteiger charge is 2.16. The largest absolute Gasteiger partial charge is 0.330 e. The molecule has 4 nitrogen and oxygen atoms in total. The number of unbranched alkanes of at least 4 members (excludes halogenated alkanes) is 1. The summed E-state index contributed by atoms with van der Waals surface area (Å²) in [6, 6.07) is 0.601. The Morgan fingerprint density at radius 2 is 2.06 bits per heavy atom. The molecular formula is C12H22N4. The molecule has 2 N–H and O–H groups in total. The van der Waals surface area contributed by atoms with Crippen LogP contribution in [0.15, 0.2) is 6.20 Å². The minimum atomic E-state index is 0.601. The van der Waals surface area contributed by atoms with Crippen molar-refractivity contribution in [3.8, 4) is 0 Å². The molecule has 0 amide bonds. The molecule has 0 bridgehead atoms. The molecule has 1 aliphatic rings. The Balaban J connectivity index is 1.85. The topological polar surface area (TPSA) is 56.7 Å². The Labute approximate surface area is 97.2 Å². The summed E-state index contributed by atoms with van der Waals surface area (Å²) in [6.45, 7) is 0.775. The van der Waals surface area contributed by atoms with E-state index in [4.69, 9.17) is 5.73 Å². The molecule has 1 aromatic heterocycles. The van der Waals surface area contributed by atoms with Crippen molar-refractivity contribution in [3.05, 3.63) is 11.9 Å². The van der Waals surface area contributed by atoms with Gasteiger partial charge in [-0.1, -0.05) is 24.5 Å². The second kappa shape index (κ2) is 5.99. The number of nitrogens with two attached hydrogens (primary N) is 1. The van der Waals surface area contributed by atoms with Gasteiger partial charge in [0, 0.05) is 6.20 Å². The van der Waals surface area contributed by atoms with E-state index in [0.29, 0.717) is 6.04 Å². The van der Waals surface area contributed by atoms with E-state index in [-0.39, 0.29) is 0 Å². The fourth-order valence-electron chi connectivity index (χ4n) is 2.40. The molecular weight excluding hydrogens is 200 g/mol. The minimum Gasteiger partial charge on any atom is -0.330 e. The van der Waals surface area contributed by atoms with Gasteiger partial charge in [0.15, 0.2) is 0 Å². The summed E-state index contributed by atoms with van der Waals surface area (Å²) in [5.41, 5.74) is 6.60. The Kier molecular flexibility index (Phi) is 4.34. The van der Waals surface area contributed by atoms with E-state index in [1.807, 2.05) is 0 Å². The third-order valence-electron chi connectivity index (χ3n) is 3.39. The van der Waals surface area contributed by atoms with Crippen molar-refractivity contribution < 1.29 is 0 Å². The van der Waals surface area contributed by atoms with Gasteiger partial charge in [-0.25, -0.2) is 4.68 Å². The second-order valence-corrected chi connectivity index (χ2v) is 4.73. The highest BCUT2D eigenvalue weighted by molar-refractivity contribution is 4.94. The third kappa shape index (κ3) is 3.04. The van der Waals surface area contributed by atoms with E-state index in [9.17, 15) is 0 Å². The standard InChI is InChI=1S/C12H22N4/c13-9-5-4-6-11-10-16(15-14-11)12-7-2-1-3-8-12/h10,12H,1-9,13H2. The molecule has 0 radical (unpaired) electrons. The minimum absolute atomic E-state index is 0.601. The summed E-state index contributed by atoms with van der Waals surface area (Å²) in [7, 11) is 0. The van der Waals surface area contributed by atoms with E-state index in [2.05, 4.69) is 21.2 Å². The van der Waals surface area contributed by atoms with Gasteiger partial charge in [0.05, 0.1) is 11.7 Å². The second-order valence-electron chi connectivity index (χ2n) is 4.73. The van der Waals surface area contributed by atoms with Crippen LogP contribution in [0.25, 0.3) is 0 Å². The van der Waals surface area contributed by atoms with Crippen molar-refractivity contribution in [2.45, 2.75) is 57.4 Å². The summed E-state index contributed by atoms with van der Waals surface area (Å²) in [5.74, 6) is 0. The first-order valence-electron chi connectivity index (χ1n) is 6.51. The fourth-order valence-corrected chi connectivity index (χ4v) is 2.40. The average molecular weight is 222 g/mol. The summed E-state index contributed by atoms with van der Waals surface area (Å²) in [6.07, 6.45) is 12.0. The molecule has 0 aliphatic heterocycles. The lowest BCUT2D eigenvalue weighted by Crippen LogP contribution is -2.13. The Hall–Kier alpha value is -0.900. The summed E-state index contributed by atoms with van der Waals surface area (Å²) in [4.78, 5) is 0. The Morgan fingerprint density at radius 1 is 1.25 bits per heavy atom. The van der Waals surface area contributed by atoms with Crippen LogP contribution >= 0.6 is 0 Å². The molecule has 90 valence electrons. The van der Waals surface area contributed by atoms with Crippen molar-refractivity contribution >= 4 is 0 Å². The van der Waals surface area contributed by atoms with Crippen molar-refractivity contribution in [2.24, 2.45) is 5.73 Å². The summed E-state index contributed by atoms with van der Waals surface area (Å²) in [5, 5.41) is 8.49. The van der Waals surface area contributed by atoms with Gasteiger partial charge in [0.1, 0.15) is 0 Å². The van der Waals surface area contributed by atoms with Gasteiger partial charge in [-0.05, 0) is 38.6 Å². The van der Waals surface area contributed by atoms with E-state index in [1.54, 1.807) is 0 Å². The molecule has 1 heterocycles. The zero-order valence-corrected chi connectivity index (χ0v) is 9.94. The van der Waals surface area contributed by atoms with Crippen LogP contribution in [0, 0.1) is 0 Å². The Bertz CT molecular complexity index is 302. The first kappa shape index (κ1) is 11.6. The molecule has 2 rings (SSSR count). The zero-order chi connectivity index (χ0) is 11.2. The lowest BCUT2D eigenvalue weighted by atomic mass is 9.96. The molecule has 0 spiro atoms. The van der Waals surface area contributed by atoms with Gasteiger partial charge < -0.3 is 5.73 Å². The zero-order valence-electron chi connectivity index (χ0n) is 9.94. The molecule has 0 saturated heterocycles. The number of nitrogens with zero attached hydrogens (tertiary/aromatic N) is 3. The summed E-state index contributed by atoms with van der Waals surface area (Å²) < 4.78 is 2.08. The van der Waals surface area contributed by atoms with Gasteiger partial charge in [-0.15, -0.1) is 5.10 Å². The lowest BCUT2D eigenvalue weighted by molar-refractivity contribution is 0.324. The molecule has 1 aliphatic carbocycles. The van der Waals surface area contributed by atoms with E-state index in [1.165, 1.54) is 32.1 Å². The predicted molar refractivity (Wildman–Crippen MR) is 64.1 cm³/mol. The van der Waals surface area contributed by atoms with Gasteiger partial charge in [-0.3, -0.25) is 0 Å². The number of aromatic nitrogens is 3. The van der Waals surface area contributed by atoms with Crippen LogP contribution in [0.4, 0.5) is 0 Å². The average Bonchev–Trinajstić information content (AvgIpc) is 2.79. The van der Waals surface area contributed by atoms with Crippen molar-refractivity contribution in [3.63, 3.8) is 0 Å². The van der Waals surface area contributed by atoms with Crippen LogP contribution in [0.1, 0.15) is 56.7 Å². The van der Waals surface area contributed by atoms with Crippen LogP contribution in [0.2, 0.25) is 0 Å². The van der Waals surface area contributed by atoms with Crippen LogP contribution < -0.4 is 5.73 Å². The smallest absolute Gasteiger partial charge is 0.0827 e. The first-order chi connectivity index (χ1) is 7.90. The van der Waals surface area contributed by atoms with E-state index < -0.39 is 0 Å². The van der Waals surface area contributed by atoms with E-state index >= 15 is 0 Å². The van der Waals surface area contributed by atoms with Crippen molar-refractivity contribution in [2.75, 3.05) is 6.54 Å². The maximum absolute atomic E-state index is 5.47. The first-order valence-corrected chi connectivity index (χ1v) is 6.51. The predicted octanol–water partition coefficient (Wildman–Crippen LogP) is 2.06. The van der Waals surface area contributed by atoms with Crippen LogP contribution in [0.3, 0.4) is 0 Å². The number of aryl methyl sites for hydroxylation is 1. The molecule has 0 aromatic carbocycles. The van der Waals surface area contributed by atoms with Crippen LogP contribution in [-0.2, 0) is 6.42 Å². The molecule has 1 saturated carbocycles. The van der Waals surface area contributed by atoms with Gasteiger partial charge >= 0.3 is 0 Å². The highest BCUT2D eigenvalue weighted by atomic mass is 15.4. The van der Waals surface area contributed by atoms with Gasteiger partial charge in [0.25, 0.3) is 0 Å². The highest BCUT2D eigenvalue weighted by Crippen LogP contribution is 2.27. The maximum atomic E-state index is 5.47. The van der Waals surface area contributed by atoms with Crippen molar-refractivity contribution in [1.29, 1.82) is 0 Å². The SMILES string of the molecule is NCCCCc1cn(C2CCCCC2)nn1. The van der Waals surface area contributed by atoms with Gasteiger partial charge in [-0.2, -0.15) is 0 Å². The van der Waals surface area contributed by atoms with E-state index in [0.717, 1.165) is 31.5 Å².